The third-order valence-electron chi connectivity index (χ3n) is 9.23. The first kappa shape index (κ1) is 37.7. The predicted molar refractivity (Wildman–Crippen MR) is 186 cm³/mol. The summed E-state index contributed by atoms with van der Waals surface area (Å²) in [5.41, 5.74) is 1.25. The van der Waals surface area contributed by atoms with Gasteiger partial charge in [-0.25, -0.2) is 4.39 Å². The molecule has 262 valence electrons. The van der Waals surface area contributed by atoms with Crippen molar-refractivity contribution >= 4 is 40.7 Å². The van der Waals surface area contributed by atoms with E-state index in [1.54, 1.807) is 18.2 Å². The Bertz CT molecular complexity index is 1450. The van der Waals surface area contributed by atoms with Gasteiger partial charge in [-0.15, -0.1) is 0 Å². The number of carbonyl (C=O) groups is 3. The molecule has 2 aliphatic carbocycles. The van der Waals surface area contributed by atoms with E-state index in [9.17, 15) is 29.0 Å². The number of benzene rings is 2. The Labute approximate surface area is 295 Å². The van der Waals surface area contributed by atoms with E-state index in [-0.39, 0.29) is 61.8 Å². The number of nitrogens with one attached hydrogen (secondary N) is 1. The van der Waals surface area contributed by atoms with Crippen LogP contribution in [0, 0.1) is 27.1 Å². The summed E-state index contributed by atoms with van der Waals surface area (Å²) in [6.07, 6.45) is 2.62. The SMILES string of the molecule is COc1cc(C=O)cc(I)c1OC1C=C(C(=O)NCCO)CC(N(Cc2ccc(F)cc2)C(=O)COC2CC(C)CCC2C(C)C)C1O. The van der Waals surface area contributed by atoms with Gasteiger partial charge in [0.1, 0.15) is 30.9 Å². The van der Waals surface area contributed by atoms with Crippen LogP contribution in [0.3, 0.4) is 0 Å². The highest BCUT2D eigenvalue weighted by Crippen LogP contribution is 2.38. The molecule has 2 aromatic rings. The number of aliphatic hydroxyl groups is 2. The summed E-state index contributed by atoms with van der Waals surface area (Å²) >= 11 is 2.00. The Morgan fingerprint density at radius 1 is 1.19 bits per heavy atom. The van der Waals surface area contributed by atoms with Gasteiger partial charge in [-0.2, -0.15) is 0 Å². The lowest BCUT2D eigenvalue weighted by molar-refractivity contribution is -0.149. The van der Waals surface area contributed by atoms with Gasteiger partial charge in [0.25, 0.3) is 0 Å². The third kappa shape index (κ3) is 9.54. The molecule has 12 heteroatoms. The summed E-state index contributed by atoms with van der Waals surface area (Å²) < 4.78 is 32.5. The number of carbonyl (C=O) groups excluding carboxylic acids is 3. The lowest BCUT2D eigenvalue weighted by atomic mass is 9.75. The Morgan fingerprint density at radius 2 is 1.92 bits per heavy atom. The zero-order chi connectivity index (χ0) is 35.0. The summed E-state index contributed by atoms with van der Waals surface area (Å²) in [5, 5.41) is 23.9. The van der Waals surface area contributed by atoms with Crippen LogP contribution in [0.1, 0.15) is 62.4 Å². The van der Waals surface area contributed by atoms with E-state index in [0.29, 0.717) is 38.7 Å². The van der Waals surface area contributed by atoms with Crippen molar-refractivity contribution in [3.8, 4) is 11.5 Å². The van der Waals surface area contributed by atoms with Gasteiger partial charge >= 0.3 is 0 Å². The highest BCUT2D eigenvalue weighted by atomic mass is 127. The smallest absolute Gasteiger partial charge is 0.249 e. The number of methoxy groups -OCH3 is 1. The van der Waals surface area contributed by atoms with Crippen molar-refractivity contribution < 1.29 is 43.2 Å². The minimum Gasteiger partial charge on any atom is -0.493 e. The standard InChI is InChI=1S/C36H46FIN2O8/c1-21(2)27-10-5-22(3)13-30(27)47-20-33(43)40(18-23-6-8-26(37)9-7-23)29-16-25(36(45)39-11-12-41)17-31(34(29)44)48-35-28(38)14-24(19-42)15-32(35)46-4/h6-9,14-15,17,19,21-22,27,29-31,34,41,44H,5,10-13,16,18,20H2,1-4H3,(H,39,45). The molecule has 1 fully saturated rings. The molecule has 10 nitrogen and oxygen atoms in total. The molecule has 2 aromatic carbocycles. The van der Waals surface area contributed by atoms with Gasteiger partial charge in [-0.1, -0.05) is 39.3 Å². The number of rotatable bonds is 14. The van der Waals surface area contributed by atoms with Crippen LogP contribution in [0.5, 0.6) is 11.5 Å². The average Bonchev–Trinajstić information content (AvgIpc) is 3.07. The Balaban J connectivity index is 1.69. The maximum Gasteiger partial charge on any atom is 0.249 e. The van der Waals surface area contributed by atoms with Crippen LogP contribution in [-0.4, -0.2) is 84.4 Å². The van der Waals surface area contributed by atoms with Crippen LogP contribution in [-0.2, 0) is 20.9 Å². The molecule has 6 unspecified atom stereocenters. The predicted octanol–water partition coefficient (Wildman–Crippen LogP) is 4.67. The lowest BCUT2D eigenvalue weighted by Gasteiger charge is -2.41. The van der Waals surface area contributed by atoms with E-state index in [1.165, 1.54) is 36.3 Å². The summed E-state index contributed by atoms with van der Waals surface area (Å²) in [4.78, 5) is 40.4. The monoisotopic (exact) mass is 780 g/mol. The molecule has 48 heavy (non-hydrogen) atoms. The fourth-order valence-electron chi connectivity index (χ4n) is 6.58. The number of hydrogen-bond acceptors (Lipinski definition) is 8. The second-order valence-electron chi connectivity index (χ2n) is 13.0. The van der Waals surface area contributed by atoms with Crippen molar-refractivity contribution in [3.05, 3.63) is 68.6 Å². The van der Waals surface area contributed by atoms with E-state index in [2.05, 4.69) is 26.1 Å². The maximum atomic E-state index is 14.2. The summed E-state index contributed by atoms with van der Waals surface area (Å²) in [6, 6.07) is 7.93. The molecule has 3 N–H and O–H groups in total. The molecule has 0 aliphatic heterocycles. The fraction of sp³-hybridized carbons (Fsp3) is 0.528. The highest BCUT2D eigenvalue weighted by Gasteiger charge is 2.41. The van der Waals surface area contributed by atoms with E-state index in [0.717, 1.165) is 19.3 Å². The number of aldehydes is 1. The Morgan fingerprint density at radius 3 is 2.56 bits per heavy atom. The largest absolute Gasteiger partial charge is 0.493 e. The normalized spacial score (nSPS) is 24.1. The second kappa shape index (κ2) is 17.5. The number of hydrogen-bond donors (Lipinski definition) is 3. The maximum absolute atomic E-state index is 14.2. The number of nitrogens with zero attached hydrogens (tertiary/aromatic N) is 1. The molecule has 2 aliphatic rings. The van der Waals surface area contributed by atoms with Gasteiger partial charge < -0.3 is 34.6 Å². The minimum absolute atomic E-state index is 0.0106. The van der Waals surface area contributed by atoms with Crippen LogP contribution >= 0.6 is 22.6 Å². The van der Waals surface area contributed by atoms with Gasteiger partial charge in [-0.3, -0.25) is 14.4 Å². The fourth-order valence-corrected chi connectivity index (χ4v) is 7.33. The van der Waals surface area contributed by atoms with Crippen molar-refractivity contribution in [2.45, 2.75) is 77.4 Å². The first-order valence-corrected chi connectivity index (χ1v) is 17.5. The van der Waals surface area contributed by atoms with E-state index >= 15 is 0 Å². The number of ether oxygens (including phenoxy) is 3. The molecule has 0 spiro atoms. The molecule has 2 amide bonds. The van der Waals surface area contributed by atoms with Gasteiger partial charge in [0, 0.05) is 30.6 Å². The molecular formula is C36H46FIN2O8. The number of amides is 2. The van der Waals surface area contributed by atoms with Crippen LogP contribution in [0.2, 0.25) is 0 Å². The van der Waals surface area contributed by atoms with Crippen LogP contribution in [0.15, 0.2) is 48.0 Å². The quantitative estimate of drug-likeness (QED) is 0.186. The average molecular weight is 781 g/mol. The van der Waals surface area contributed by atoms with Gasteiger partial charge in [0.15, 0.2) is 11.5 Å². The molecule has 0 bridgehead atoms. The highest BCUT2D eigenvalue weighted by molar-refractivity contribution is 14.1. The molecule has 4 rings (SSSR count). The Hall–Kier alpha value is -3.07. The van der Waals surface area contributed by atoms with E-state index in [1.807, 2.05) is 22.6 Å². The first-order valence-electron chi connectivity index (χ1n) is 16.4. The van der Waals surface area contributed by atoms with Crippen LogP contribution in [0.4, 0.5) is 4.39 Å². The number of halogens is 2. The van der Waals surface area contributed by atoms with Gasteiger partial charge in [0.05, 0.1) is 29.4 Å². The molecule has 1 saturated carbocycles. The van der Waals surface area contributed by atoms with Crippen molar-refractivity contribution in [3.63, 3.8) is 0 Å². The molecular weight excluding hydrogens is 734 g/mol. The van der Waals surface area contributed by atoms with Crippen molar-refractivity contribution in [2.75, 3.05) is 26.9 Å². The molecule has 6 atom stereocenters. The summed E-state index contributed by atoms with van der Waals surface area (Å²) in [7, 11) is 1.43. The first-order chi connectivity index (χ1) is 22.9. The molecule has 0 heterocycles. The molecule has 0 saturated heterocycles. The zero-order valence-electron chi connectivity index (χ0n) is 27.9. The zero-order valence-corrected chi connectivity index (χ0v) is 30.0. The van der Waals surface area contributed by atoms with Crippen LogP contribution in [0.25, 0.3) is 0 Å². The third-order valence-corrected chi connectivity index (χ3v) is 10.0. The van der Waals surface area contributed by atoms with Crippen molar-refractivity contribution in [2.24, 2.45) is 17.8 Å². The van der Waals surface area contributed by atoms with Gasteiger partial charge in [-0.05, 0) is 89.1 Å². The summed E-state index contributed by atoms with van der Waals surface area (Å²) in [6.45, 7) is 6.04. The second-order valence-corrected chi connectivity index (χ2v) is 14.2. The van der Waals surface area contributed by atoms with E-state index < -0.39 is 30.0 Å². The minimum atomic E-state index is -1.31. The van der Waals surface area contributed by atoms with Crippen molar-refractivity contribution in [1.82, 2.24) is 10.2 Å². The lowest BCUT2D eigenvalue weighted by Crippen LogP contribution is -2.55. The van der Waals surface area contributed by atoms with Gasteiger partial charge in [0.2, 0.25) is 11.8 Å². The van der Waals surface area contributed by atoms with Crippen LogP contribution < -0.4 is 14.8 Å². The number of aliphatic hydroxyl groups excluding tert-OH is 2. The molecule has 0 radical (unpaired) electrons. The topological polar surface area (TPSA) is 135 Å². The molecule has 0 aromatic heterocycles. The summed E-state index contributed by atoms with van der Waals surface area (Å²) in [5.74, 6) is 0.391. The Kier molecular flexibility index (Phi) is 13.8. The van der Waals surface area contributed by atoms with Crippen molar-refractivity contribution in [1.29, 1.82) is 0 Å². The van der Waals surface area contributed by atoms with E-state index in [4.69, 9.17) is 14.2 Å².